The van der Waals surface area contributed by atoms with Gasteiger partial charge in [0.05, 0.1) is 6.04 Å². The Labute approximate surface area is 103 Å². The predicted molar refractivity (Wildman–Crippen MR) is 66.5 cm³/mol. The predicted octanol–water partition coefficient (Wildman–Crippen LogP) is 3.16. The van der Waals surface area contributed by atoms with Gasteiger partial charge in [-0.15, -0.1) is 0 Å². The summed E-state index contributed by atoms with van der Waals surface area (Å²) in [5, 5.41) is 4.10. The molecule has 96 valence electrons. The fraction of sp³-hybridized carbons (Fsp3) is 0.846. The van der Waals surface area contributed by atoms with Gasteiger partial charge < -0.3 is 10.3 Å². The summed E-state index contributed by atoms with van der Waals surface area (Å²) < 4.78 is 5.27. The van der Waals surface area contributed by atoms with E-state index in [1.807, 2.05) is 0 Å². The van der Waals surface area contributed by atoms with E-state index in [1.165, 1.54) is 25.7 Å². The minimum absolute atomic E-state index is 0.0929. The Morgan fingerprint density at radius 2 is 2.24 bits per heavy atom. The van der Waals surface area contributed by atoms with Gasteiger partial charge in [-0.05, 0) is 31.6 Å². The van der Waals surface area contributed by atoms with Gasteiger partial charge in [-0.2, -0.15) is 4.98 Å². The van der Waals surface area contributed by atoms with Gasteiger partial charge in [0.15, 0.2) is 5.82 Å². The molecule has 0 amide bonds. The highest BCUT2D eigenvalue weighted by molar-refractivity contribution is 5.01. The van der Waals surface area contributed by atoms with Crippen molar-refractivity contribution in [3.63, 3.8) is 0 Å². The van der Waals surface area contributed by atoms with E-state index in [1.54, 1.807) is 0 Å². The van der Waals surface area contributed by atoms with Gasteiger partial charge in [0, 0.05) is 5.92 Å². The van der Waals surface area contributed by atoms with Crippen LogP contribution in [-0.4, -0.2) is 10.1 Å². The average Bonchev–Trinajstić information content (AvgIpc) is 2.98. The van der Waals surface area contributed by atoms with Crippen molar-refractivity contribution in [2.75, 3.05) is 0 Å². The molecule has 2 rings (SSSR count). The van der Waals surface area contributed by atoms with Crippen molar-refractivity contribution in [2.24, 2.45) is 11.7 Å². The highest BCUT2D eigenvalue weighted by Crippen LogP contribution is 2.38. The molecule has 0 aromatic carbocycles. The summed E-state index contributed by atoms with van der Waals surface area (Å²) in [7, 11) is 0. The first-order valence-corrected chi connectivity index (χ1v) is 6.83. The van der Waals surface area contributed by atoms with E-state index < -0.39 is 0 Å². The van der Waals surface area contributed by atoms with Gasteiger partial charge in [-0.25, -0.2) is 0 Å². The van der Waals surface area contributed by atoms with Crippen LogP contribution in [-0.2, 0) is 0 Å². The molecule has 3 unspecified atom stereocenters. The number of nitrogens with two attached hydrogens (primary N) is 1. The Bertz CT molecular complexity index is 350. The Hall–Kier alpha value is -0.900. The van der Waals surface area contributed by atoms with E-state index in [9.17, 15) is 0 Å². The van der Waals surface area contributed by atoms with Crippen LogP contribution in [0.2, 0.25) is 0 Å². The van der Waals surface area contributed by atoms with Crippen molar-refractivity contribution in [1.82, 2.24) is 10.1 Å². The maximum atomic E-state index is 5.97. The fourth-order valence-corrected chi connectivity index (χ4v) is 2.68. The molecule has 1 saturated carbocycles. The quantitative estimate of drug-likeness (QED) is 0.854. The summed E-state index contributed by atoms with van der Waals surface area (Å²) >= 11 is 0. The molecule has 3 atom stereocenters. The number of nitrogens with zero attached hydrogens (tertiary/aromatic N) is 2. The first-order valence-electron chi connectivity index (χ1n) is 6.83. The highest BCUT2D eigenvalue weighted by Gasteiger charge is 2.28. The molecule has 1 aliphatic rings. The molecule has 0 aliphatic heterocycles. The smallest absolute Gasteiger partial charge is 0.243 e. The zero-order chi connectivity index (χ0) is 12.3. The molecular formula is C13H23N3O. The lowest BCUT2D eigenvalue weighted by molar-refractivity contribution is 0.342. The van der Waals surface area contributed by atoms with E-state index in [4.69, 9.17) is 10.3 Å². The molecule has 1 heterocycles. The number of aromatic nitrogens is 2. The molecular weight excluding hydrogens is 214 g/mol. The molecule has 1 aromatic heterocycles. The van der Waals surface area contributed by atoms with Gasteiger partial charge in [0.1, 0.15) is 0 Å². The second-order valence-electron chi connectivity index (χ2n) is 5.17. The Morgan fingerprint density at radius 1 is 1.41 bits per heavy atom. The zero-order valence-corrected chi connectivity index (χ0v) is 10.9. The third-order valence-corrected chi connectivity index (χ3v) is 3.86. The molecule has 2 N–H and O–H groups in total. The van der Waals surface area contributed by atoms with E-state index in [0.29, 0.717) is 11.8 Å². The Balaban J connectivity index is 1.98. The largest absolute Gasteiger partial charge is 0.338 e. The van der Waals surface area contributed by atoms with Gasteiger partial charge in [-0.1, -0.05) is 31.8 Å². The summed E-state index contributed by atoms with van der Waals surface area (Å²) in [4.78, 5) is 4.48. The molecule has 4 heteroatoms. The van der Waals surface area contributed by atoms with E-state index in [0.717, 1.165) is 24.6 Å². The third kappa shape index (κ3) is 2.86. The van der Waals surface area contributed by atoms with Crippen LogP contribution in [0.5, 0.6) is 0 Å². The number of hydrogen-bond acceptors (Lipinski definition) is 4. The summed E-state index contributed by atoms with van der Waals surface area (Å²) in [6, 6.07) is -0.0929. The summed E-state index contributed by atoms with van der Waals surface area (Å²) in [6.07, 6.45) is 6.91. The van der Waals surface area contributed by atoms with Crippen molar-refractivity contribution >= 4 is 0 Å². The average molecular weight is 237 g/mol. The molecule has 0 radical (unpaired) electrons. The Kier molecular flexibility index (Phi) is 4.15. The van der Waals surface area contributed by atoms with Gasteiger partial charge in [0.25, 0.3) is 0 Å². The maximum absolute atomic E-state index is 5.97. The summed E-state index contributed by atoms with van der Waals surface area (Å²) in [6.45, 7) is 4.37. The normalized spacial score (nSPS) is 26.3. The van der Waals surface area contributed by atoms with Crippen LogP contribution in [0.15, 0.2) is 4.52 Å². The van der Waals surface area contributed by atoms with Crippen LogP contribution in [0.25, 0.3) is 0 Å². The lowest BCUT2D eigenvalue weighted by Gasteiger charge is -2.05. The minimum atomic E-state index is -0.0929. The third-order valence-electron chi connectivity index (χ3n) is 3.86. The maximum Gasteiger partial charge on any atom is 0.243 e. The SMILES string of the molecule is CCCC(N)c1nc(C2CCC(CC)C2)no1. The zero-order valence-electron chi connectivity index (χ0n) is 10.9. The lowest BCUT2D eigenvalue weighted by atomic mass is 10.0. The molecule has 17 heavy (non-hydrogen) atoms. The molecule has 4 nitrogen and oxygen atoms in total. The highest BCUT2D eigenvalue weighted by atomic mass is 16.5. The van der Waals surface area contributed by atoms with E-state index in [2.05, 4.69) is 24.0 Å². The van der Waals surface area contributed by atoms with Gasteiger partial charge in [-0.3, -0.25) is 0 Å². The summed E-state index contributed by atoms with van der Waals surface area (Å²) in [5.41, 5.74) is 5.97. The van der Waals surface area contributed by atoms with Crippen molar-refractivity contribution in [3.05, 3.63) is 11.7 Å². The number of hydrogen-bond donors (Lipinski definition) is 1. The minimum Gasteiger partial charge on any atom is -0.338 e. The van der Waals surface area contributed by atoms with E-state index >= 15 is 0 Å². The Morgan fingerprint density at radius 3 is 2.88 bits per heavy atom. The van der Waals surface area contributed by atoms with Crippen molar-refractivity contribution in [1.29, 1.82) is 0 Å². The van der Waals surface area contributed by atoms with E-state index in [-0.39, 0.29) is 6.04 Å². The van der Waals surface area contributed by atoms with Crippen LogP contribution < -0.4 is 5.73 Å². The van der Waals surface area contributed by atoms with Crippen LogP contribution in [0.4, 0.5) is 0 Å². The monoisotopic (exact) mass is 237 g/mol. The van der Waals surface area contributed by atoms with Crippen LogP contribution in [0.1, 0.15) is 76.0 Å². The van der Waals surface area contributed by atoms with Crippen molar-refractivity contribution < 1.29 is 4.52 Å². The van der Waals surface area contributed by atoms with Gasteiger partial charge in [0.2, 0.25) is 5.89 Å². The topological polar surface area (TPSA) is 64.9 Å². The second kappa shape index (κ2) is 5.63. The van der Waals surface area contributed by atoms with Crippen LogP contribution in [0.3, 0.4) is 0 Å². The first-order chi connectivity index (χ1) is 8.24. The van der Waals surface area contributed by atoms with Crippen LogP contribution >= 0.6 is 0 Å². The molecule has 1 aromatic rings. The molecule has 0 bridgehead atoms. The van der Waals surface area contributed by atoms with Crippen LogP contribution in [0, 0.1) is 5.92 Å². The van der Waals surface area contributed by atoms with Crippen molar-refractivity contribution in [3.8, 4) is 0 Å². The first kappa shape index (κ1) is 12.6. The fourth-order valence-electron chi connectivity index (χ4n) is 2.68. The molecule has 0 spiro atoms. The van der Waals surface area contributed by atoms with Crippen molar-refractivity contribution in [2.45, 2.75) is 64.3 Å². The second-order valence-corrected chi connectivity index (χ2v) is 5.17. The standard InChI is InChI=1S/C13H23N3O/c1-3-5-11(14)13-15-12(16-17-13)10-7-6-9(4-2)8-10/h9-11H,3-8,14H2,1-2H3. The molecule has 0 saturated heterocycles. The van der Waals surface area contributed by atoms with Gasteiger partial charge >= 0.3 is 0 Å². The lowest BCUT2D eigenvalue weighted by Crippen LogP contribution is -2.10. The molecule has 1 aliphatic carbocycles. The summed E-state index contributed by atoms with van der Waals surface area (Å²) in [5.74, 6) is 2.82. The molecule has 1 fully saturated rings. The number of rotatable bonds is 5.